The van der Waals surface area contributed by atoms with Gasteiger partial charge in [-0.2, -0.15) is 0 Å². The van der Waals surface area contributed by atoms with Crippen LogP contribution in [0.3, 0.4) is 0 Å². The second-order valence-corrected chi connectivity index (χ2v) is 5.45. The van der Waals surface area contributed by atoms with E-state index >= 15 is 0 Å². The van der Waals surface area contributed by atoms with Crippen molar-refractivity contribution in [1.29, 1.82) is 0 Å². The zero-order chi connectivity index (χ0) is 12.3. The van der Waals surface area contributed by atoms with E-state index in [0.29, 0.717) is 6.10 Å². The lowest BCUT2D eigenvalue weighted by Crippen LogP contribution is -2.38. The van der Waals surface area contributed by atoms with Crippen LogP contribution in [0.4, 0.5) is 5.69 Å². The number of rotatable bonds is 3. The fourth-order valence-electron chi connectivity index (χ4n) is 2.28. The van der Waals surface area contributed by atoms with Gasteiger partial charge in [0.05, 0.1) is 6.10 Å². The second-order valence-electron chi connectivity index (χ2n) is 4.59. The summed E-state index contributed by atoms with van der Waals surface area (Å²) in [6.45, 7) is 3.15. The largest absolute Gasteiger partial charge is 0.398 e. The number of nitrogens with zero attached hydrogens (tertiary/aromatic N) is 1. The molecule has 0 amide bonds. The first kappa shape index (κ1) is 12.9. The number of methoxy groups -OCH3 is 1. The topological polar surface area (TPSA) is 38.5 Å². The van der Waals surface area contributed by atoms with Crippen molar-refractivity contribution in [2.45, 2.75) is 25.5 Å². The number of nitrogens with two attached hydrogens (primary N) is 1. The minimum Gasteiger partial charge on any atom is -0.398 e. The van der Waals surface area contributed by atoms with Crippen molar-refractivity contribution >= 4 is 21.6 Å². The molecule has 1 heterocycles. The van der Waals surface area contributed by atoms with Crippen molar-refractivity contribution in [3.05, 3.63) is 28.2 Å². The number of ether oxygens (including phenoxy) is 1. The van der Waals surface area contributed by atoms with E-state index in [2.05, 4.69) is 33.0 Å². The predicted molar refractivity (Wildman–Crippen MR) is 73.9 cm³/mol. The summed E-state index contributed by atoms with van der Waals surface area (Å²) in [5.41, 5.74) is 7.87. The van der Waals surface area contributed by atoms with E-state index in [9.17, 15) is 0 Å². The monoisotopic (exact) mass is 298 g/mol. The molecule has 94 valence electrons. The summed E-state index contributed by atoms with van der Waals surface area (Å²) in [7, 11) is 1.80. The number of nitrogen functional groups attached to an aromatic ring is 1. The third kappa shape index (κ3) is 3.44. The highest BCUT2D eigenvalue weighted by molar-refractivity contribution is 9.10. The minimum atomic E-state index is 0.390. The lowest BCUT2D eigenvalue weighted by molar-refractivity contribution is 0.0285. The van der Waals surface area contributed by atoms with Crippen LogP contribution in [0.25, 0.3) is 0 Å². The molecule has 3 nitrogen and oxygen atoms in total. The van der Waals surface area contributed by atoms with Crippen molar-refractivity contribution in [2.75, 3.05) is 25.9 Å². The molecule has 2 rings (SSSR count). The smallest absolute Gasteiger partial charge is 0.0698 e. The van der Waals surface area contributed by atoms with Gasteiger partial charge in [0.1, 0.15) is 0 Å². The summed E-state index contributed by atoms with van der Waals surface area (Å²) in [4.78, 5) is 2.44. The molecule has 1 saturated heterocycles. The number of anilines is 1. The average Bonchev–Trinajstić information content (AvgIpc) is 2.34. The van der Waals surface area contributed by atoms with Gasteiger partial charge in [0, 0.05) is 30.4 Å². The fourth-order valence-corrected chi connectivity index (χ4v) is 2.70. The molecule has 0 aliphatic carbocycles. The summed E-state index contributed by atoms with van der Waals surface area (Å²) in [6, 6.07) is 6.15. The van der Waals surface area contributed by atoms with Gasteiger partial charge in [-0.1, -0.05) is 6.07 Å². The summed E-state index contributed by atoms with van der Waals surface area (Å²) < 4.78 is 6.41. The van der Waals surface area contributed by atoms with Gasteiger partial charge < -0.3 is 10.5 Å². The van der Waals surface area contributed by atoms with E-state index in [0.717, 1.165) is 29.8 Å². The lowest BCUT2D eigenvalue weighted by Gasteiger charge is -2.31. The summed E-state index contributed by atoms with van der Waals surface area (Å²) in [5, 5.41) is 0. The quantitative estimate of drug-likeness (QED) is 0.872. The predicted octanol–water partition coefficient (Wildman–Crippen LogP) is 2.64. The van der Waals surface area contributed by atoms with E-state index in [4.69, 9.17) is 10.5 Å². The molecule has 0 aromatic heterocycles. The fraction of sp³-hybridized carbons (Fsp3) is 0.538. The molecule has 0 saturated carbocycles. The van der Waals surface area contributed by atoms with Crippen LogP contribution in [-0.2, 0) is 11.3 Å². The lowest BCUT2D eigenvalue weighted by atomic mass is 10.1. The molecule has 0 spiro atoms. The molecule has 1 aromatic carbocycles. The summed E-state index contributed by atoms with van der Waals surface area (Å²) in [6.07, 6.45) is 2.79. The second kappa shape index (κ2) is 5.85. The minimum absolute atomic E-state index is 0.390. The first-order chi connectivity index (χ1) is 8.19. The van der Waals surface area contributed by atoms with Gasteiger partial charge in [-0.3, -0.25) is 4.90 Å². The van der Waals surface area contributed by atoms with Crippen LogP contribution in [0.5, 0.6) is 0 Å². The number of halogens is 1. The van der Waals surface area contributed by atoms with Crippen LogP contribution in [0.2, 0.25) is 0 Å². The molecule has 1 aliphatic rings. The van der Waals surface area contributed by atoms with Crippen LogP contribution in [0.1, 0.15) is 18.4 Å². The van der Waals surface area contributed by atoms with E-state index in [1.807, 2.05) is 6.07 Å². The van der Waals surface area contributed by atoms with Gasteiger partial charge in [0.25, 0.3) is 0 Å². The summed E-state index contributed by atoms with van der Waals surface area (Å²) >= 11 is 3.47. The molecule has 1 atom stereocenters. The van der Waals surface area contributed by atoms with E-state index in [1.54, 1.807) is 7.11 Å². The Morgan fingerprint density at radius 2 is 2.35 bits per heavy atom. The first-order valence-electron chi connectivity index (χ1n) is 5.98. The van der Waals surface area contributed by atoms with Gasteiger partial charge in [-0.05, 0) is 53.0 Å². The molecule has 0 bridgehead atoms. The third-order valence-electron chi connectivity index (χ3n) is 3.27. The average molecular weight is 299 g/mol. The maximum atomic E-state index is 5.78. The molecular weight excluding hydrogens is 280 g/mol. The molecule has 17 heavy (non-hydrogen) atoms. The van der Waals surface area contributed by atoms with Crippen molar-refractivity contribution in [3.8, 4) is 0 Å². The SMILES string of the molecule is COC1CCCN(Cc2ccc(N)c(Br)c2)C1. The highest BCUT2D eigenvalue weighted by atomic mass is 79.9. The van der Waals surface area contributed by atoms with Crippen molar-refractivity contribution < 1.29 is 4.74 Å². The number of likely N-dealkylation sites (tertiary alicyclic amines) is 1. The van der Waals surface area contributed by atoms with E-state index < -0.39 is 0 Å². The van der Waals surface area contributed by atoms with Gasteiger partial charge in [-0.25, -0.2) is 0 Å². The van der Waals surface area contributed by atoms with Gasteiger partial charge in [0.15, 0.2) is 0 Å². The molecule has 1 unspecified atom stereocenters. The van der Waals surface area contributed by atoms with E-state index in [-0.39, 0.29) is 0 Å². The van der Waals surface area contributed by atoms with Gasteiger partial charge in [0.2, 0.25) is 0 Å². The molecule has 4 heteroatoms. The Kier molecular flexibility index (Phi) is 4.42. The van der Waals surface area contributed by atoms with Gasteiger partial charge in [-0.15, -0.1) is 0 Å². The number of hydrogen-bond acceptors (Lipinski definition) is 3. The Morgan fingerprint density at radius 1 is 1.53 bits per heavy atom. The number of hydrogen-bond donors (Lipinski definition) is 1. The Labute approximate surface area is 111 Å². The van der Waals surface area contributed by atoms with Crippen molar-refractivity contribution in [3.63, 3.8) is 0 Å². The van der Waals surface area contributed by atoms with Gasteiger partial charge >= 0.3 is 0 Å². The zero-order valence-electron chi connectivity index (χ0n) is 10.2. The maximum Gasteiger partial charge on any atom is 0.0698 e. The first-order valence-corrected chi connectivity index (χ1v) is 6.77. The molecular formula is C13H19BrN2O. The molecule has 1 aromatic rings. The van der Waals surface area contributed by atoms with Crippen LogP contribution >= 0.6 is 15.9 Å². The molecule has 2 N–H and O–H groups in total. The zero-order valence-corrected chi connectivity index (χ0v) is 11.7. The summed E-state index contributed by atoms with van der Waals surface area (Å²) in [5.74, 6) is 0. The Morgan fingerprint density at radius 3 is 3.06 bits per heavy atom. The van der Waals surface area contributed by atoms with Crippen molar-refractivity contribution in [2.24, 2.45) is 0 Å². The maximum absolute atomic E-state index is 5.78. The van der Waals surface area contributed by atoms with Crippen LogP contribution in [0, 0.1) is 0 Å². The number of piperidine rings is 1. The van der Waals surface area contributed by atoms with E-state index in [1.165, 1.54) is 18.4 Å². The Balaban J connectivity index is 1.97. The Bertz CT molecular complexity index is 384. The third-order valence-corrected chi connectivity index (χ3v) is 3.95. The van der Waals surface area contributed by atoms with Crippen LogP contribution in [0.15, 0.2) is 22.7 Å². The molecule has 0 radical (unpaired) electrons. The standard InChI is InChI=1S/C13H19BrN2O/c1-17-11-3-2-6-16(9-11)8-10-4-5-13(15)12(14)7-10/h4-5,7,11H,2-3,6,8-9,15H2,1H3. The Hall–Kier alpha value is -0.580. The molecule has 1 aliphatic heterocycles. The van der Waals surface area contributed by atoms with Crippen LogP contribution in [-0.4, -0.2) is 31.2 Å². The highest BCUT2D eigenvalue weighted by Crippen LogP contribution is 2.22. The normalized spacial score (nSPS) is 21.6. The van der Waals surface area contributed by atoms with Crippen molar-refractivity contribution in [1.82, 2.24) is 4.90 Å². The van der Waals surface area contributed by atoms with Crippen LogP contribution < -0.4 is 5.73 Å². The number of benzene rings is 1. The highest BCUT2D eigenvalue weighted by Gasteiger charge is 2.19. The molecule has 1 fully saturated rings.